The fraction of sp³-hybridized carbons (Fsp3) is 0.219. The zero-order chi connectivity index (χ0) is 31.3. The summed E-state index contributed by atoms with van der Waals surface area (Å²) in [6, 6.07) is 11.7. The number of alkyl halides is 3. The van der Waals surface area contributed by atoms with Crippen LogP contribution in [0.5, 0.6) is 0 Å². The number of aryl methyl sites for hydroxylation is 1. The van der Waals surface area contributed by atoms with Gasteiger partial charge in [0.2, 0.25) is 5.91 Å². The molecule has 0 spiro atoms. The first-order valence-electron chi connectivity index (χ1n) is 13.2. The predicted octanol–water partition coefficient (Wildman–Crippen LogP) is 8.12. The molecule has 43 heavy (non-hydrogen) atoms. The summed E-state index contributed by atoms with van der Waals surface area (Å²) in [7, 11) is 0. The largest absolute Gasteiger partial charge is 0.463 e. The highest BCUT2D eigenvalue weighted by atomic mass is 35.5. The Bertz CT molecular complexity index is 1780. The summed E-state index contributed by atoms with van der Waals surface area (Å²) >= 11 is 6.26. The highest BCUT2D eigenvalue weighted by Crippen LogP contribution is 2.37. The number of nitrogens with one attached hydrogen (secondary N) is 1. The van der Waals surface area contributed by atoms with Crippen LogP contribution in [-0.4, -0.2) is 18.5 Å². The highest BCUT2D eigenvalue weighted by Gasteiger charge is 2.34. The maximum Gasteiger partial charge on any atom is 0.418 e. The van der Waals surface area contributed by atoms with Gasteiger partial charge in [-0.3, -0.25) is 4.79 Å². The van der Waals surface area contributed by atoms with Gasteiger partial charge in [-0.2, -0.15) is 13.2 Å². The Labute approximate surface area is 248 Å². The average molecular weight is 616 g/mol. The van der Waals surface area contributed by atoms with E-state index in [4.69, 9.17) is 20.8 Å². The Morgan fingerprint density at radius 1 is 1.09 bits per heavy atom. The molecule has 224 valence electrons. The van der Waals surface area contributed by atoms with Crippen LogP contribution in [0, 0.1) is 12.7 Å². The number of rotatable bonds is 9. The SMILES string of the molecule is CCCCOC(=O)C=Cc1cccc(-c2c(CC(=O)Nc3ccc(F)cc3C(F)(F)F)c(=O)oc3cc(Cl)c(C)cc23)c1. The number of unbranched alkanes of at least 4 members (excludes halogenated alkanes) is 1. The van der Waals surface area contributed by atoms with Crippen molar-refractivity contribution < 1.29 is 36.3 Å². The van der Waals surface area contributed by atoms with Crippen molar-refractivity contribution in [3.05, 3.63) is 104 Å². The zero-order valence-electron chi connectivity index (χ0n) is 23.1. The van der Waals surface area contributed by atoms with Gasteiger partial charge in [0.15, 0.2) is 0 Å². The molecule has 0 atom stereocenters. The summed E-state index contributed by atoms with van der Waals surface area (Å²) in [5.74, 6) is -2.60. The van der Waals surface area contributed by atoms with E-state index >= 15 is 0 Å². The smallest absolute Gasteiger partial charge is 0.418 e. The number of esters is 1. The Morgan fingerprint density at radius 2 is 1.86 bits per heavy atom. The molecule has 0 fully saturated rings. The Balaban J connectivity index is 1.77. The van der Waals surface area contributed by atoms with Crippen LogP contribution in [0.25, 0.3) is 28.2 Å². The number of carbonyl (C=O) groups is 2. The second-order valence-corrected chi connectivity index (χ2v) is 10.1. The second-order valence-electron chi connectivity index (χ2n) is 9.73. The lowest BCUT2D eigenvalue weighted by atomic mass is 9.93. The third kappa shape index (κ3) is 7.70. The standard InChI is InChI=1S/C32H26ClF4NO5/c1-3-4-12-42-29(40)11-8-19-6-5-7-20(14-19)30-22-13-18(2)25(33)17-27(22)43-31(41)23(30)16-28(39)38-26-10-9-21(34)15-24(26)32(35,36)37/h5-11,13-15,17H,3-4,12,16H2,1-2H3,(H,38,39). The number of fused-ring (bicyclic) bond motifs is 1. The van der Waals surface area contributed by atoms with Crippen LogP contribution in [0.15, 0.2) is 69.9 Å². The van der Waals surface area contributed by atoms with Gasteiger partial charge in [-0.1, -0.05) is 43.1 Å². The maximum absolute atomic E-state index is 13.6. The summed E-state index contributed by atoms with van der Waals surface area (Å²) in [5.41, 5.74) is -0.913. The van der Waals surface area contributed by atoms with E-state index in [1.54, 1.807) is 37.3 Å². The molecular formula is C32H26ClF4NO5. The van der Waals surface area contributed by atoms with E-state index < -0.39 is 47.2 Å². The lowest BCUT2D eigenvalue weighted by molar-refractivity contribution is -0.138. The van der Waals surface area contributed by atoms with Gasteiger partial charge in [0, 0.05) is 28.1 Å². The van der Waals surface area contributed by atoms with Gasteiger partial charge < -0.3 is 14.5 Å². The lowest BCUT2D eigenvalue weighted by Crippen LogP contribution is -2.22. The van der Waals surface area contributed by atoms with Crippen molar-refractivity contribution >= 4 is 46.2 Å². The Morgan fingerprint density at radius 3 is 2.58 bits per heavy atom. The molecule has 6 nitrogen and oxygen atoms in total. The zero-order valence-corrected chi connectivity index (χ0v) is 23.9. The fourth-order valence-electron chi connectivity index (χ4n) is 4.40. The van der Waals surface area contributed by atoms with E-state index in [1.807, 2.05) is 6.92 Å². The van der Waals surface area contributed by atoms with Gasteiger partial charge in [0.25, 0.3) is 0 Å². The average Bonchev–Trinajstić information content (AvgIpc) is 2.94. The van der Waals surface area contributed by atoms with E-state index in [1.165, 1.54) is 18.2 Å². The number of hydrogen-bond donors (Lipinski definition) is 1. The number of carbonyl (C=O) groups excluding carboxylic acids is 2. The summed E-state index contributed by atoms with van der Waals surface area (Å²) in [6.45, 7) is 4.00. The van der Waals surface area contributed by atoms with Gasteiger partial charge >= 0.3 is 17.8 Å². The predicted molar refractivity (Wildman–Crippen MR) is 156 cm³/mol. The topological polar surface area (TPSA) is 85.6 Å². The van der Waals surface area contributed by atoms with E-state index in [-0.39, 0.29) is 17.2 Å². The molecule has 0 aliphatic carbocycles. The van der Waals surface area contributed by atoms with Crippen molar-refractivity contribution in [3.8, 4) is 11.1 Å². The molecule has 3 aromatic carbocycles. The third-order valence-electron chi connectivity index (χ3n) is 6.51. The molecule has 1 aromatic heterocycles. The molecule has 4 rings (SSSR count). The molecule has 4 aromatic rings. The molecule has 0 bridgehead atoms. The summed E-state index contributed by atoms with van der Waals surface area (Å²) in [6.07, 6.45) is -1.19. The number of anilines is 1. The molecule has 0 saturated carbocycles. The Hall–Kier alpha value is -4.44. The Kier molecular flexibility index (Phi) is 9.70. The van der Waals surface area contributed by atoms with Crippen molar-refractivity contribution in [2.24, 2.45) is 0 Å². The molecule has 0 unspecified atom stereocenters. The van der Waals surface area contributed by atoms with Gasteiger partial charge in [0.05, 0.1) is 29.8 Å². The minimum absolute atomic E-state index is 0.123. The molecule has 0 aliphatic rings. The van der Waals surface area contributed by atoms with Crippen LogP contribution < -0.4 is 10.9 Å². The molecular weight excluding hydrogens is 590 g/mol. The first-order valence-corrected chi connectivity index (χ1v) is 13.6. The molecule has 11 heteroatoms. The number of benzene rings is 3. The molecule has 1 N–H and O–H groups in total. The monoisotopic (exact) mass is 615 g/mol. The van der Waals surface area contributed by atoms with Crippen molar-refractivity contribution in [1.29, 1.82) is 0 Å². The maximum atomic E-state index is 13.6. The van der Waals surface area contributed by atoms with Crippen molar-refractivity contribution in [2.45, 2.75) is 39.3 Å². The second kappa shape index (κ2) is 13.2. The van der Waals surface area contributed by atoms with Crippen LogP contribution in [0.4, 0.5) is 23.2 Å². The van der Waals surface area contributed by atoms with Crippen LogP contribution >= 0.6 is 11.6 Å². The molecule has 0 radical (unpaired) electrons. The normalized spacial score (nSPS) is 11.7. The first kappa shape index (κ1) is 31.5. The van der Waals surface area contributed by atoms with Crippen LogP contribution in [0.2, 0.25) is 5.02 Å². The number of amides is 1. The van der Waals surface area contributed by atoms with Gasteiger partial charge in [-0.25, -0.2) is 14.0 Å². The highest BCUT2D eigenvalue weighted by molar-refractivity contribution is 6.32. The fourth-order valence-corrected chi connectivity index (χ4v) is 4.56. The van der Waals surface area contributed by atoms with Crippen LogP contribution in [-0.2, 0) is 26.9 Å². The molecule has 0 saturated heterocycles. The number of hydrogen-bond acceptors (Lipinski definition) is 5. The van der Waals surface area contributed by atoms with Gasteiger partial charge in [-0.15, -0.1) is 0 Å². The minimum atomic E-state index is -4.94. The van der Waals surface area contributed by atoms with Crippen LogP contribution in [0.1, 0.15) is 42.0 Å². The van der Waals surface area contributed by atoms with Gasteiger partial charge in [-0.05, 0) is 66.4 Å². The molecule has 0 aliphatic heterocycles. The van der Waals surface area contributed by atoms with Gasteiger partial charge in [0.1, 0.15) is 11.4 Å². The first-order chi connectivity index (χ1) is 20.4. The van der Waals surface area contributed by atoms with E-state index in [0.717, 1.165) is 25.0 Å². The third-order valence-corrected chi connectivity index (χ3v) is 6.92. The minimum Gasteiger partial charge on any atom is -0.463 e. The molecule has 1 amide bonds. The van der Waals surface area contributed by atoms with Crippen molar-refractivity contribution in [3.63, 3.8) is 0 Å². The number of ether oxygens (including phenoxy) is 1. The lowest BCUT2D eigenvalue weighted by Gasteiger charge is -2.16. The quantitative estimate of drug-likeness (QED) is 0.0676. The molecule has 1 heterocycles. The summed E-state index contributed by atoms with van der Waals surface area (Å²) < 4.78 is 64.7. The number of halogens is 5. The van der Waals surface area contributed by atoms with E-state index in [9.17, 15) is 31.9 Å². The van der Waals surface area contributed by atoms with Crippen molar-refractivity contribution in [1.82, 2.24) is 0 Å². The van der Waals surface area contributed by atoms with E-state index in [0.29, 0.717) is 39.3 Å². The van der Waals surface area contributed by atoms with Crippen molar-refractivity contribution in [2.75, 3.05) is 11.9 Å². The summed E-state index contributed by atoms with van der Waals surface area (Å²) in [4.78, 5) is 38.3. The van der Waals surface area contributed by atoms with E-state index in [2.05, 4.69) is 5.32 Å². The summed E-state index contributed by atoms with van der Waals surface area (Å²) in [5, 5.41) is 2.91. The van der Waals surface area contributed by atoms with Crippen LogP contribution in [0.3, 0.4) is 0 Å².